The SMILES string of the molecule is COCC12CN(S(=O)(=O)c3ccc4cc(Cl)ccc4c3)CCN1CC1(CCN(c3ccncc3)CC1)O2. The van der Waals surface area contributed by atoms with Gasteiger partial charge >= 0.3 is 0 Å². The van der Waals surface area contributed by atoms with Crippen LogP contribution in [0.15, 0.2) is 65.8 Å². The van der Waals surface area contributed by atoms with Crippen LogP contribution in [0.3, 0.4) is 0 Å². The van der Waals surface area contributed by atoms with Gasteiger partial charge in [0.25, 0.3) is 0 Å². The van der Waals surface area contributed by atoms with Crippen molar-refractivity contribution in [3.8, 4) is 0 Å². The van der Waals surface area contributed by atoms with Gasteiger partial charge in [-0.1, -0.05) is 23.7 Å². The molecule has 3 aliphatic rings. The minimum Gasteiger partial charge on any atom is -0.380 e. The molecule has 3 fully saturated rings. The van der Waals surface area contributed by atoms with E-state index < -0.39 is 15.7 Å². The van der Waals surface area contributed by atoms with Gasteiger partial charge in [-0.2, -0.15) is 4.31 Å². The molecular weight excluding hydrogens is 512 g/mol. The lowest BCUT2D eigenvalue weighted by atomic mass is 9.91. The molecule has 1 spiro atoms. The number of pyridine rings is 1. The number of rotatable bonds is 5. The number of fused-ring (bicyclic) bond motifs is 2. The average molecular weight is 543 g/mol. The molecule has 3 saturated heterocycles. The van der Waals surface area contributed by atoms with E-state index in [2.05, 4.69) is 14.8 Å². The van der Waals surface area contributed by atoms with Crippen LogP contribution in [0.25, 0.3) is 10.8 Å². The summed E-state index contributed by atoms with van der Waals surface area (Å²) in [5.41, 5.74) is 0.0509. The first-order valence-corrected chi connectivity index (χ1v) is 14.4. The quantitative estimate of drug-likeness (QED) is 0.487. The summed E-state index contributed by atoms with van der Waals surface area (Å²) in [6, 6.07) is 14.7. The Morgan fingerprint density at radius 3 is 2.46 bits per heavy atom. The van der Waals surface area contributed by atoms with Gasteiger partial charge in [-0.3, -0.25) is 9.88 Å². The van der Waals surface area contributed by atoms with E-state index >= 15 is 0 Å². The van der Waals surface area contributed by atoms with Gasteiger partial charge in [-0.05, 0) is 60.0 Å². The Bertz CT molecular complexity index is 1400. The second kappa shape index (κ2) is 9.48. The largest absolute Gasteiger partial charge is 0.380 e. The number of nitrogens with zero attached hydrogens (tertiary/aromatic N) is 4. The van der Waals surface area contributed by atoms with Gasteiger partial charge in [-0.25, -0.2) is 8.42 Å². The summed E-state index contributed by atoms with van der Waals surface area (Å²) in [6.45, 7) is 4.10. The molecule has 0 aliphatic carbocycles. The normalized spacial score (nSPS) is 24.5. The second-order valence-electron chi connectivity index (χ2n) is 10.3. The molecule has 4 heterocycles. The van der Waals surface area contributed by atoms with Crippen LogP contribution in [0, 0.1) is 0 Å². The molecule has 0 amide bonds. The number of piperazine rings is 1. The van der Waals surface area contributed by atoms with Crippen LogP contribution >= 0.6 is 11.6 Å². The van der Waals surface area contributed by atoms with E-state index in [1.807, 2.05) is 42.7 Å². The zero-order valence-corrected chi connectivity index (χ0v) is 22.4. The maximum Gasteiger partial charge on any atom is 0.243 e. The topological polar surface area (TPSA) is 75.2 Å². The van der Waals surface area contributed by atoms with E-state index in [1.165, 1.54) is 5.69 Å². The van der Waals surface area contributed by atoms with Crippen LogP contribution in [0.5, 0.6) is 0 Å². The number of halogens is 1. The van der Waals surface area contributed by atoms with Crippen LogP contribution in [0.4, 0.5) is 5.69 Å². The molecule has 3 aromatic rings. The Kier molecular flexibility index (Phi) is 6.42. The molecule has 1 atom stereocenters. The number of ether oxygens (including phenoxy) is 2. The zero-order chi connectivity index (χ0) is 25.7. The first kappa shape index (κ1) is 25.0. The molecule has 0 radical (unpaired) electrons. The van der Waals surface area contributed by atoms with Gasteiger partial charge in [0.2, 0.25) is 10.0 Å². The predicted molar refractivity (Wildman–Crippen MR) is 143 cm³/mol. The fourth-order valence-corrected chi connectivity index (χ4v) is 7.77. The number of piperidine rings is 1. The van der Waals surface area contributed by atoms with Gasteiger partial charge in [0.15, 0.2) is 5.72 Å². The summed E-state index contributed by atoms with van der Waals surface area (Å²) >= 11 is 6.11. The van der Waals surface area contributed by atoms with Crippen LogP contribution in [0.1, 0.15) is 12.8 Å². The Labute approximate surface area is 222 Å². The molecule has 196 valence electrons. The highest BCUT2D eigenvalue weighted by molar-refractivity contribution is 7.89. The fraction of sp³-hybridized carbons (Fsp3) is 0.444. The lowest BCUT2D eigenvalue weighted by Crippen LogP contribution is -2.63. The van der Waals surface area contributed by atoms with Crippen LogP contribution in [0.2, 0.25) is 5.02 Å². The van der Waals surface area contributed by atoms with E-state index in [4.69, 9.17) is 21.1 Å². The third-order valence-corrected chi connectivity index (χ3v) is 10.1. The molecule has 0 saturated carbocycles. The van der Waals surface area contributed by atoms with Gasteiger partial charge in [-0.15, -0.1) is 0 Å². The van der Waals surface area contributed by atoms with Crippen molar-refractivity contribution in [3.63, 3.8) is 0 Å². The third-order valence-electron chi connectivity index (χ3n) is 7.99. The Balaban J connectivity index is 1.23. The third kappa shape index (κ3) is 4.51. The van der Waals surface area contributed by atoms with Crippen molar-refractivity contribution in [1.29, 1.82) is 0 Å². The number of anilines is 1. The molecule has 37 heavy (non-hydrogen) atoms. The number of methoxy groups -OCH3 is 1. The first-order valence-electron chi connectivity index (χ1n) is 12.6. The minimum atomic E-state index is -3.72. The summed E-state index contributed by atoms with van der Waals surface area (Å²) < 4.78 is 41.6. The van der Waals surface area contributed by atoms with Gasteiger partial charge in [0.1, 0.15) is 0 Å². The number of hydrogen-bond acceptors (Lipinski definition) is 7. The number of hydrogen-bond donors (Lipinski definition) is 0. The number of benzene rings is 2. The highest BCUT2D eigenvalue weighted by atomic mass is 35.5. The zero-order valence-electron chi connectivity index (χ0n) is 20.8. The van der Waals surface area contributed by atoms with E-state index in [1.54, 1.807) is 29.6 Å². The van der Waals surface area contributed by atoms with Crippen LogP contribution < -0.4 is 4.90 Å². The molecule has 1 aromatic heterocycles. The Hall–Kier alpha value is -2.27. The molecule has 10 heteroatoms. The van der Waals surface area contributed by atoms with Crippen molar-refractivity contribution >= 4 is 38.1 Å². The minimum absolute atomic E-state index is 0.234. The standard InChI is InChI=1S/C27H31ClN4O4S/c1-35-20-27-19-32(37(33,34)25-5-3-21-16-23(28)4-2-22(21)17-25)15-14-31(27)18-26(36-27)8-12-30(13-9-26)24-6-10-29-11-7-24/h2-7,10-11,16-17H,8-9,12-15,18-20H2,1H3. The molecule has 2 aromatic carbocycles. The maximum atomic E-state index is 13.8. The van der Waals surface area contributed by atoms with E-state index in [-0.39, 0.29) is 17.0 Å². The predicted octanol–water partition coefficient (Wildman–Crippen LogP) is 3.61. The van der Waals surface area contributed by atoms with Crippen LogP contribution in [-0.4, -0.2) is 86.9 Å². The summed E-state index contributed by atoms with van der Waals surface area (Å²) in [6.07, 6.45) is 5.38. The number of sulfonamides is 1. The Morgan fingerprint density at radius 1 is 0.973 bits per heavy atom. The number of aromatic nitrogens is 1. The molecule has 6 rings (SSSR count). The molecule has 8 nitrogen and oxygen atoms in total. The lowest BCUT2D eigenvalue weighted by molar-refractivity contribution is -0.188. The molecule has 0 N–H and O–H groups in total. The molecule has 0 bridgehead atoms. The molecule has 3 aliphatic heterocycles. The second-order valence-corrected chi connectivity index (χ2v) is 12.6. The fourth-order valence-electron chi connectivity index (χ4n) is 6.08. The summed E-state index contributed by atoms with van der Waals surface area (Å²) in [5.74, 6) is 0. The van der Waals surface area contributed by atoms with Crippen molar-refractivity contribution in [3.05, 3.63) is 65.9 Å². The molecule has 1 unspecified atom stereocenters. The van der Waals surface area contributed by atoms with E-state index in [0.717, 1.165) is 43.2 Å². The highest BCUT2D eigenvalue weighted by Gasteiger charge is 2.58. The van der Waals surface area contributed by atoms with Gasteiger partial charge in [0.05, 0.1) is 23.6 Å². The van der Waals surface area contributed by atoms with Crippen molar-refractivity contribution in [2.24, 2.45) is 0 Å². The van der Waals surface area contributed by atoms with Crippen molar-refractivity contribution in [1.82, 2.24) is 14.2 Å². The Morgan fingerprint density at radius 2 is 1.70 bits per heavy atom. The van der Waals surface area contributed by atoms with Gasteiger partial charge in [0, 0.05) is 62.9 Å². The lowest BCUT2D eigenvalue weighted by Gasteiger charge is -2.45. The highest BCUT2D eigenvalue weighted by Crippen LogP contribution is 2.44. The van der Waals surface area contributed by atoms with Gasteiger partial charge < -0.3 is 14.4 Å². The van der Waals surface area contributed by atoms with Crippen molar-refractivity contribution in [2.75, 3.05) is 57.9 Å². The van der Waals surface area contributed by atoms with Crippen molar-refractivity contribution < 1.29 is 17.9 Å². The summed E-state index contributed by atoms with van der Waals surface area (Å²) in [4.78, 5) is 9.07. The average Bonchev–Trinajstić information content (AvgIpc) is 3.22. The molecular formula is C27H31ClN4O4S. The smallest absolute Gasteiger partial charge is 0.243 e. The summed E-state index contributed by atoms with van der Waals surface area (Å²) in [5, 5.41) is 2.37. The van der Waals surface area contributed by atoms with Crippen molar-refractivity contribution in [2.45, 2.75) is 29.1 Å². The summed E-state index contributed by atoms with van der Waals surface area (Å²) in [7, 11) is -2.07. The monoisotopic (exact) mass is 542 g/mol. The van der Waals surface area contributed by atoms with Crippen LogP contribution in [-0.2, 0) is 19.5 Å². The van der Waals surface area contributed by atoms with E-state index in [9.17, 15) is 8.42 Å². The first-order chi connectivity index (χ1) is 17.8. The van der Waals surface area contributed by atoms with E-state index in [0.29, 0.717) is 24.7 Å². The maximum absolute atomic E-state index is 13.8.